The van der Waals surface area contributed by atoms with Crippen LogP contribution in [0.5, 0.6) is 0 Å². The molecule has 3 aromatic carbocycles. The van der Waals surface area contributed by atoms with Gasteiger partial charge in [-0.05, 0) is 48.5 Å². The molecule has 0 unspecified atom stereocenters. The molecule has 0 amide bonds. The van der Waals surface area contributed by atoms with E-state index < -0.39 is 0 Å². The summed E-state index contributed by atoms with van der Waals surface area (Å²) < 4.78 is 0. The highest BCUT2D eigenvalue weighted by atomic mass is 35.5. The molecule has 0 fully saturated rings. The summed E-state index contributed by atoms with van der Waals surface area (Å²) in [6.45, 7) is 0. The monoisotopic (exact) mass is 377 g/mol. The maximum atomic E-state index is 5.83. The first-order valence-electron chi connectivity index (χ1n) is 8.28. The lowest BCUT2D eigenvalue weighted by molar-refractivity contribution is 1.31. The van der Waals surface area contributed by atoms with E-state index in [1.807, 2.05) is 72.8 Å². The highest BCUT2D eigenvalue weighted by molar-refractivity contribution is 5.85. The van der Waals surface area contributed by atoms with Gasteiger partial charge in [-0.1, -0.05) is 24.3 Å². The normalized spacial score (nSPS) is 10.4. The van der Waals surface area contributed by atoms with E-state index in [1.54, 1.807) is 0 Å². The number of benzene rings is 3. The van der Waals surface area contributed by atoms with Crippen LogP contribution in [0.3, 0.4) is 0 Å². The number of nitrogens with two attached hydrogens (primary N) is 3. The molecule has 0 aliphatic rings. The summed E-state index contributed by atoms with van der Waals surface area (Å²) in [4.78, 5) is 8.28. The molecule has 6 heteroatoms. The summed E-state index contributed by atoms with van der Waals surface area (Å²) in [5.74, 6) is 0.781. The number of aromatic nitrogens is 2. The van der Waals surface area contributed by atoms with Gasteiger partial charge in [0.05, 0.1) is 11.4 Å². The average molecular weight is 378 g/mol. The van der Waals surface area contributed by atoms with Crippen molar-refractivity contribution in [3.8, 4) is 33.9 Å². The Morgan fingerprint density at radius 3 is 1.44 bits per heavy atom. The fraction of sp³-hybridized carbons (Fsp3) is 0. The van der Waals surface area contributed by atoms with Crippen LogP contribution in [0.4, 0.5) is 17.1 Å². The molecular weight excluding hydrogens is 358 g/mol. The lowest BCUT2D eigenvalue weighted by Crippen LogP contribution is -1.88. The zero-order chi connectivity index (χ0) is 18.1. The van der Waals surface area contributed by atoms with Gasteiger partial charge in [0, 0.05) is 33.8 Å². The van der Waals surface area contributed by atoms with Crippen molar-refractivity contribution in [1.29, 1.82) is 0 Å². The molecule has 4 aromatic rings. The van der Waals surface area contributed by atoms with Crippen molar-refractivity contribution < 1.29 is 0 Å². The van der Waals surface area contributed by atoms with Gasteiger partial charge in [-0.25, -0.2) is 4.98 Å². The molecule has 0 atom stereocenters. The number of nitrogens with zero attached hydrogens (tertiary/aromatic N) is 1. The fourth-order valence-electron chi connectivity index (χ4n) is 2.86. The van der Waals surface area contributed by atoms with Gasteiger partial charge in [0.1, 0.15) is 5.82 Å². The molecule has 136 valence electrons. The van der Waals surface area contributed by atoms with E-state index in [1.165, 1.54) is 0 Å². The lowest BCUT2D eigenvalue weighted by atomic mass is 10.0. The standard InChI is InChI=1S/C21H19N5.ClH/c22-16-7-1-13(2-8-16)19-20(14-3-9-17(23)10-4-14)26-21(25-19)15-5-11-18(24)12-6-15;/h1-12H,22-24H2,(H,25,26);1H. The number of hydrogen-bond acceptors (Lipinski definition) is 4. The Morgan fingerprint density at radius 1 is 0.556 bits per heavy atom. The minimum absolute atomic E-state index is 0. The second-order valence-electron chi connectivity index (χ2n) is 6.18. The largest absolute Gasteiger partial charge is 0.399 e. The number of aromatic amines is 1. The molecule has 4 rings (SSSR count). The summed E-state index contributed by atoms with van der Waals surface area (Å²) in [5, 5.41) is 0. The SMILES string of the molecule is Cl.Nc1ccc(-c2nc(-c3ccc(N)cc3)c(-c3ccc(N)cc3)[nH]2)cc1. The van der Waals surface area contributed by atoms with Gasteiger partial charge in [0.15, 0.2) is 0 Å². The van der Waals surface area contributed by atoms with Crippen molar-refractivity contribution in [3.63, 3.8) is 0 Å². The zero-order valence-electron chi connectivity index (χ0n) is 14.5. The third-order valence-corrected chi connectivity index (χ3v) is 4.27. The van der Waals surface area contributed by atoms with Crippen LogP contribution in [0.2, 0.25) is 0 Å². The van der Waals surface area contributed by atoms with Crippen LogP contribution < -0.4 is 17.2 Å². The number of anilines is 3. The van der Waals surface area contributed by atoms with Crippen molar-refractivity contribution in [3.05, 3.63) is 72.8 Å². The third kappa shape index (κ3) is 3.73. The fourth-order valence-corrected chi connectivity index (χ4v) is 2.86. The number of halogens is 1. The van der Waals surface area contributed by atoms with Crippen LogP contribution in [-0.2, 0) is 0 Å². The topological polar surface area (TPSA) is 107 Å². The lowest BCUT2D eigenvalue weighted by Gasteiger charge is -2.04. The maximum Gasteiger partial charge on any atom is 0.138 e. The van der Waals surface area contributed by atoms with Gasteiger partial charge < -0.3 is 22.2 Å². The minimum atomic E-state index is 0. The van der Waals surface area contributed by atoms with E-state index in [-0.39, 0.29) is 12.4 Å². The van der Waals surface area contributed by atoms with Gasteiger partial charge in [0.2, 0.25) is 0 Å². The predicted octanol–water partition coefficient (Wildman–Crippen LogP) is 4.58. The third-order valence-electron chi connectivity index (χ3n) is 4.27. The average Bonchev–Trinajstić information content (AvgIpc) is 3.09. The molecule has 0 saturated carbocycles. The molecule has 0 radical (unpaired) electrons. The molecular formula is C21H20ClN5. The zero-order valence-corrected chi connectivity index (χ0v) is 15.3. The van der Waals surface area contributed by atoms with Gasteiger partial charge >= 0.3 is 0 Å². The second kappa shape index (κ2) is 7.43. The predicted molar refractivity (Wildman–Crippen MR) is 115 cm³/mol. The summed E-state index contributed by atoms with van der Waals surface area (Å²) >= 11 is 0. The number of nitrogens with one attached hydrogen (secondary N) is 1. The van der Waals surface area contributed by atoms with Crippen molar-refractivity contribution >= 4 is 29.5 Å². The molecule has 1 aromatic heterocycles. The second-order valence-corrected chi connectivity index (χ2v) is 6.18. The van der Waals surface area contributed by atoms with Gasteiger partial charge in [-0.2, -0.15) is 0 Å². The van der Waals surface area contributed by atoms with Crippen LogP contribution in [0.15, 0.2) is 72.8 Å². The molecule has 0 bridgehead atoms. The van der Waals surface area contributed by atoms with Crippen LogP contribution in [0.25, 0.3) is 33.9 Å². The highest BCUT2D eigenvalue weighted by Crippen LogP contribution is 2.33. The number of H-pyrrole nitrogens is 1. The van der Waals surface area contributed by atoms with E-state index in [4.69, 9.17) is 22.2 Å². The van der Waals surface area contributed by atoms with Crippen LogP contribution in [-0.4, -0.2) is 9.97 Å². The van der Waals surface area contributed by atoms with Crippen molar-refractivity contribution in [2.24, 2.45) is 0 Å². The smallest absolute Gasteiger partial charge is 0.138 e. The first-order chi connectivity index (χ1) is 12.6. The Balaban J connectivity index is 0.00000210. The number of rotatable bonds is 3. The molecule has 0 saturated heterocycles. The number of imidazole rings is 1. The summed E-state index contributed by atoms with van der Waals surface area (Å²) in [6.07, 6.45) is 0. The molecule has 0 aliphatic heterocycles. The molecule has 1 heterocycles. The summed E-state index contributed by atoms with van der Waals surface area (Å²) in [6, 6.07) is 23.1. The quantitative estimate of drug-likeness (QED) is 0.392. The van der Waals surface area contributed by atoms with Gasteiger partial charge in [-0.3, -0.25) is 0 Å². The van der Waals surface area contributed by atoms with Crippen LogP contribution in [0.1, 0.15) is 0 Å². The molecule has 0 aliphatic carbocycles. The van der Waals surface area contributed by atoms with Gasteiger partial charge in [0.25, 0.3) is 0 Å². The van der Waals surface area contributed by atoms with E-state index >= 15 is 0 Å². The molecule has 0 spiro atoms. The minimum Gasteiger partial charge on any atom is -0.399 e. The first-order valence-corrected chi connectivity index (χ1v) is 8.28. The summed E-state index contributed by atoms with van der Waals surface area (Å²) in [5.41, 5.74) is 24.4. The van der Waals surface area contributed by atoms with Crippen molar-refractivity contribution in [2.75, 3.05) is 17.2 Å². The molecule has 27 heavy (non-hydrogen) atoms. The Hall–Kier alpha value is -3.44. The van der Waals surface area contributed by atoms with Crippen molar-refractivity contribution in [2.45, 2.75) is 0 Å². The van der Waals surface area contributed by atoms with E-state index in [9.17, 15) is 0 Å². The number of hydrogen-bond donors (Lipinski definition) is 4. The van der Waals surface area contributed by atoms with E-state index in [0.717, 1.165) is 51.0 Å². The molecule has 7 N–H and O–H groups in total. The Bertz CT molecular complexity index is 973. The van der Waals surface area contributed by atoms with Crippen molar-refractivity contribution in [1.82, 2.24) is 9.97 Å². The van der Waals surface area contributed by atoms with E-state index in [2.05, 4.69) is 4.98 Å². The maximum absolute atomic E-state index is 5.83. The highest BCUT2D eigenvalue weighted by Gasteiger charge is 2.15. The van der Waals surface area contributed by atoms with E-state index in [0.29, 0.717) is 0 Å². The first kappa shape index (κ1) is 18.4. The Kier molecular flexibility index (Phi) is 5.05. The Labute approximate surface area is 163 Å². The molecule has 5 nitrogen and oxygen atoms in total. The van der Waals surface area contributed by atoms with Crippen LogP contribution in [0, 0.1) is 0 Å². The Morgan fingerprint density at radius 2 is 0.963 bits per heavy atom. The number of nitrogen functional groups attached to an aromatic ring is 3. The van der Waals surface area contributed by atoms with Gasteiger partial charge in [-0.15, -0.1) is 12.4 Å². The van der Waals surface area contributed by atoms with Crippen LogP contribution >= 0.6 is 12.4 Å². The summed E-state index contributed by atoms with van der Waals surface area (Å²) in [7, 11) is 0.